The molecule has 1 rings (SSSR count). The van der Waals surface area contributed by atoms with E-state index in [4.69, 9.17) is 4.74 Å². The number of ether oxygens (including phenoxy) is 2. The van der Waals surface area contributed by atoms with Crippen LogP contribution in [0.2, 0.25) is 0 Å². The molecule has 0 saturated carbocycles. The maximum atomic E-state index is 12.0. The zero-order chi connectivity index (χ0) is 17.5. The average Bonchev–Trinajstić information content (AvgIpc) is 2.40. The van der Waals surface area contributed by atoms with Crippen molar-refractivity contribution < 1.29 is 27.4 Å². The van der Waals surface area contributed by atoms with Gasteiger partial charge in [-0.3, -0.25) is 0 Å². The van der Waals surface area contributed by atoms with Crippen LogP contribution in [-0.2, 0) is 4.74 Å². The van der Waals surface area contributed by atoms with E-state index in [1.165, 1.54) is 12.1 Å². The van der Waals surface area contributed by atoms with Gasteiger partial charge in [0.15, 0.2) is 6.61 Å². The first-order chi connectivity index (χ1) is 10.6. The maximum absolute atomic E-state index is 12.0. The van der Waals surface area contributed by atoms with Crippen molar-refractivity contribution in [3.8, 4) is 5.75 Å². The molecule has 0 atom stereocenters. The van der Waals surface area contributed by atoms with Crippen LogP contribution in [-0.4, -0.2) is 37.6 Å². The van der Waals surface area contributed by atoms with Crippen molar-refractivity contribution in [2.45, 2.75) is 32.5 Å². The number of alkyl carbamates (subject to hydrolysis) is 1. The van der Waals surface area contributed by atoms with Crippen molar-refractivity contribution in [2.75, 3.05) is 25.0 Å². The Morgan fingerprint density at radius 2 is 1.70 bits per heavy atom. The number of hydrogen-bond donors (Lipinski definition) is 2. The van der Waals surface area contributed by atoms with Crippen LogP contribution in [0.25, 0.3) is 0 Å². The summed E-state index contributed by atoms with van der Waals surface area (Å²) in [5, 5.41) is 5.60. The summed E-state index contributed by atoms with van der Waals surface area (Å²) in [5.74, 6) is 0.139. The first kappa shape index (κ1) is 18.9. The molecule has 5 nitrogen and oxygen atoms in total. The predicted octanol–water partition coefficient (Wildman–Crippen LogP) is 3.56. The number of carbonyl (C=O) groups excluding carboxylic acids is 1. The molecule has 0 aliphatic carbocycles. The highest BCUT2D eigenvalue weighted by molar-refractivity contribution is 5.67. The van der Waals surface area contributed by atoms with E-state index >= 15 is 0 Å². The van der Waals surface area contributed by atoms with Gasteiger partial charge in [0, 0.05) is 18.8 Å². The topological polar surface area (TPSA) is 59.6 Å². The third-order valence-electron chi connectivity index (χ3n) is 2.38. The lowest BCUT2D eigenvalue weighted by atomic mass is 10.2. The summed E-state index contributed by atoms with van der Waals surface area (Å²) in [6.07, 6.45) is -4.86. The van der Waals surface area contributed by atoms with Crippen LogP contribution in [0, 0.1) is 0 Å². The van der Waals surface area contributed by atoms with Gasteiger partial charge in [0.05, 0.1) is 0 Å². The van der Waals surface area contributed by atoms with Crippen LogP contribution in [0.15, 0.2) is 24.3 Å². The molecule has 0 heterocycles. The van der Waals surface area contributed by atoms with Crippen LogP contribution >= 0.6 is 0 Å². The lowest BCUT2D eigenvalue weighted by Crippen LogP contribution is -2.34. The molecule has 0 aliphatic heterocycles. The van der Waals surface area contributed by atoms with Crippen LogP contribution in [0.1, 0.15) is 20.8 Å². The summed E-state index contributed by atoms with van der Waals surface area (Å²) in [6.45, 7) is 4.79. The van der Waals surface area contributed by atoms with E-state index < -0.39 is 24.5 Å². The Balaban J connectivity index is 2.27. The molecule has 1 amide bonds. The van der Waals surface area contributed by atoms with E-state index in [-0.39, 0.29) is 5.75 Å². The Labute approximate surface area is 133 Å². The van der Waals surface area contributed by atoms with Crippen LogP contribution in [0.5, 0.6) is 5.75 Å². The molecule has 23 heavy (non-hydrogen) atoms. The van der Waals surface area contributed by atoms with Gasteiger partial charge in [-0.2, -0.15) is 13.2 Å². The minimum atomic E-state index is -4.36. The fourth-order valence-corrected chi connectivity index (χ4v) is 1.52. The number of halogens is 3. The van der Waals surface area contributed by atoms with Gasteiger partial charge >= 0.3 is 12.3 Å². The average molecular weight is 334 g/mol. The molecular formula is C15H21F3N2O3. The minimum absolute atomic E-state index is 0.139. The predicted molar refractivity (Wildman–Crippen MR) is 80.7 cm³/mol. The van der Waals surface area contributed by atoms with Crippen molar-refractivity contribution in [1.82, 2.24) is 5.32 Å². The number of hydrogen-bond acceptors (Lipinski definition) is 4. The Hall–Kier alpha value is -2.12. The summed E-state index contributed by atoms with van der Waals surface area (Å²) >= 11 is 0. The number of nitrogens with one attached hydrogen (secondary N) is 2. The largest absolute Gasteiger partial charge is 0.484 e. The quantitative estimate of drug-likeness (QED) is 0.781. The van der Waals surface area contributed by atoms with Crippen molar-refractivity contribution in [3.05, 3.63) is 24.3 Å². The summed E-state index contributed by atoms with van der Waals surface area (Å²) in [5.41, 5.74) is 0.152. The standard InChI is InChI=1S/C15H21F3N2O3/c1-14(2,3)23-13(21)20-9-8-19-11-4-6-12(7-5-11)22-10-15(16,17)18/h4-7,19H,8-10H2,1-3H3,(H,20,21). The highest BCUT2D eigenvalue weighted by Crippen LogP contribution is 2.20. The van der Waals surface area contributed by atoms with Crippen molar-refractivity contribution in [3.63, 3.8) is 0 Å². The molecule has 0 fully saturated rings. The number of alkyl halides is 3. The highest BCUT2D eigenvalue weighted by atomic mass is 19.4. The lowest BCUT2D eigenvalue weighted by Gasteiger charge is -2.19. The fraction of sp³-hybridized carbons (Fsp3) is 0.533. The van der Waals surface area contributed by atoms with Crippen LogP contribution in [0.4, 0.5) is 23.7 Å². The van der Waals surface area contributed by atoms with Gasteiger partial charge in [-0.15, -0.1) is 0 Å². The molecule has 0 saturated heterocycles. The van der Waals surface area contributed by atoms with Gasteiger partial charge in [0.25, 0.3) is 0 Å². The summed E-state index contributed by atoms with van der Waals surface area (Å²) < 4.78 is 45.7. The van der Waals surface area contributed by atoms with Gasteiger partial charge in [-0.25, -0.2) is 4.79 Å². The first-order valence-electron chi connectivity index (χ1n) is 7.05. The molecule has 0 spiro atoms. The molecular weight excluding hydrogens is 313 g/mol. The molecule has 0 bridgehead atoms. The second-order valence-electron chi connectivity index (χ2n) is 5.78. The van der Waals surface area contributed by atoms with Crippen LogP contribution in [0.3, 0.4) is 0 Å². The molecule has 130 valence electrons. The molecule has 2 N–H and O–H groups in total. The molecule has 0 radical (unpaired) electrons. The number of benzene rings is 1. The first-order valence-corrected chi connectivity index (χ1v) is 7.05. The van der Waals surface area contributed by atoms with Gasteiger partial charge in [-0.05, 0) is 45.0 Å². The normalized spacial score (nSPS) is 11.7. The second kappa shape index (κ2) is 7.94. The van der Waals surface area contributed by atoms with Gasteiger partial charge in [0.2, 0.25) is 0 Å². The molecule has 1 aromatic carbocycles. The van der Waals surface area contributed by atoms with Crippen molar-refractivity contribution in [2.24, 2.45) is 0 Å². The number of amides is 1. The highest BCUT2D eigenvalue weighted by Gasteiger charge is 2.28. The molecule has 0 aliphatic rings. The SMILES string of the molecule is CC(C)(C)OC(=O)NCCNc1ccc(OCC(F)(F)F)cc1. The van der Waals surface area contributed by atoms with E-state index in [9.17, 15) is 18.0 Å². The zero-order valence-electron chi connectivity index (χ0n) is 13.3. The molecule has 8 heteroatoms. The van der Waals surface area contributed by atoms with E-state index in [0.717, 1.165) is 0 Å². The van der Waals surface area contributed by atoms with E-state index in [2.05, 4.69) is 15.4 Å². The summed E-state index contributed by atoms with van der Waals surface area (Å²) in [4.78, 5) is 11.4. The summed E-state index contributed by atoms with van der Waals surface area (Å²) in [6, 6.07) is 6.07. The van der Waals surface area contributed by atoms with Gasteiger partial charge in [0.1, 0.15) is 11.4 Å². The molecule has 1 aromatic rings. The Kier molecular flexibility index (Phi) is 6.53. The summed E-state index contributed by atoms with van der Waals surface area (Å²) in [7, 11) is 0. The third kappa shape index (κ3) is 9.49. The Morgan fingerprint density at radius 1 is 1.09 bits per heavy atom. The number of carbonyl (C=O) groups is 1. The van der Waals surface area contributed by atoms with Crippen molar-refractivity contribution >= 4 is 11.8 Å². The van der Waals surface area contributed by atoms with Gasteiger partial charge < -0.3 is 20.1 Å². The third-order valence-corrected chi connectivity index (χ3v) is 2.38. The monoisotopic (exact) mass is 334 g/mol. The molecule has 0 aromatic heterocycles. The number of rotatable bonds is 6. The van der Waals surface area contributed by atoms with Crippen LogP contribution < -0.4 is 15.4 Å². The number of anilines is 1. The second-order valence-corrected chi connectivity index (χ2v) is 5.78. The zero-order valence-corrected chi connectivity index (χ0v) is 13.3. The fourth-order valence-electron chi connectivity index (χ4n) is 1.52. The Bertz CT molecular complexity index is 496. The van der Waals surface area contributed by atoms with E-state index in [1.54, 1.807) is 32.9 Å². The lowest BCUT2D eigenvalue weighted by molar-refractivity contribution is -0.153. The van der Waals surface area contributed by atoms with E-state index in [0.29, 0.717) is 18.8 Å². The Morgan fingerprint density at radius 3 is 2.22 bits per heavy atom. The molecule has 0 unspecified atom stereocenters. The van der Waals surface area contributed by atoms with Gasteiger partial charge in [-0.1, -0.05) is 0 Å². The smallest absolute Gasteiger partial charge is 0.422 e. The van der Waals surface area contributed by atoms with E-state index in [1.807, 2.05) is 0 Å². The van der Waals surface area contributed by atoms with Crippen molar-refractivity contribution in [1.29, 1.82) is 0 Å². The maximum Gasteiger partial charge on any atom is 0.422 e. The minimum Gasteiger partial charge on any atom is -0.484 e.